The molecule has 4 aliphatic rings. The Morgan fingerprint density at radius 3 is 2.28 bits per heavy atom. The number of nitrogens with one attached hydrogen (secondary N) is 3. The zero-order valence-electron chi connectivity index (χ0n) is 28.3. The van der Waals surface area contributed by atoms with Gasteiger partial charge in [-0.15, -0.1) is 0 Å². The Labute approximate surface area is 298 Å². The summed E-state index contributed by atoms with van der Waals surface area (Å²) >= 11 is 6.20. The highest BCUT2D eigenvalue weighted by molar-refractivity contribution is 6.30. The van der Waals surface area contributed by atoms with Crippen molar-refractivity contribution in [2.45, 2.75) is 81.6 Å². The van der Waals surface area contributed by atoms with Crippen LogP contribution in [-0.4, -0.2) is 77.4 Å². The molecule has 3 fully saturated rings. The zero-order chi connectivity index (χ0) is 34.7. The second-order valence-corrected chi connectivity index (χ2v) is 14.5. The van der Waals surface area contributed by atoms with Gasteiger partial charge in [0, 0.05) is 36.4 Å². The second-order valence-electron chi connectivity index (χ2n) is 14.1. The summed E-state index contributed by atoms with van der Waals surface area (Å²) < 4.78 is 0. The Morgan fingerprint density at radius 1 is 0.880 bits per heavy atom. The summed E-state index contributed by atoms with van der Waals surface area (Å²) in [4.78, 5) is 61.0. The molecule has 3 heterocycles. The van der Waals surface area contributed by atoms with Crippen molar-refractivity contribution >= 4 is 40.9 Å². The Bertz CT molecular complexity index is 1700. The molecule has 3 aromatic rings. The largest absolute Gasteiger partial charge is 0.352 e. The smallest absolute Gasteiger partial charge is 0.250 e. The van der Waals surface area contributed by atoms with E-state index < -0.39 is 17.6 Å². The molecule has 2 saturated heterocycles. The van der Waals surface area contributed by atoms with Crippen LogP contribution >= 0.6 is 11.6 Å². The molecule has 3 aliphatic heterocycles. The molecule has 2 atom stereocenters. The molecular formula is C39H45ClN6O4. The minimum atomic E-state index is -0.919. The summed E-state index contributed by atoms with van der Waals surface area (Å²) in [6.07, 6.45) is 6.71. The minimum absolute atomic E-state index is 0.00735. The maximum absolute atomic E-state index is 14.3. The molecule has 1 aliphatic carbocycles. The first-order chi connectivity index (χ1) is 24.3. The highest BCUT2D eigenvalue weighted by Gasteiger charge is 2.54. The van der Waals surface area contributed by atoms with Crippen LogP contribution in [0.15, 0.2) is 78.9 Å². The van der Waals surface area contributed by atoms with Gasteiger partial charge in [-0.1, -0.05) is 85.5 Å². The molecule has 11 heteroatoms. The molecule has 3 aromatic carbocycles. The third kappa shape index (κ3) is 7.09. The summed E-state index contributed by atoms with van der Waals surface area (Å²) in [6.45, 7) is 1.53. The van der Waals surface area contributed by atoms with Crippen molar-refractivity contribution in [1.29, 1.82) is 0 Å². The lowest BCUT2D eigenvalue weighted by molar-refractivity contribution is -0.142. The van der Waals surface area contributed by atoms with Gasteiger partial charge in [0.25, 0.3) is 5.91 Å². The van der Waals surface area contributed by atoms with Crippen molar-refractivity contribution < 1.29 is 19.2 Å². The van der Waals surface area contributed by atoms with Crippen LogP contribution in [0.5, 0.6) is 0 Å². The highest BCUT2D eigenvalue weighted by atomic mass is 35.5. The molecule has 7 rings (SSSR count). The topological polar surface area (TPSA) is 114 Å². The lowest BCUT2D eigenvalue weighted by atomic mass is 9.85. The molecule has 0 aromatic heterocycles. The Morgan fingerprint density at radius 2 is 1.56 bits per heavy atom. The van der Waals surface area contributed by atoms with Crippen molar-refractivity contribution in [1.82, 2.24) is 25.8 Å². The first-order valence-electron chi connectivity index (χ1n) is 17.9. The molecule has 1 saturated carbocycles. The van der Waals surface area contributed by atoms with Gasteiger partial charge >= 0.3 is 0 Å². The molecule has 262 valence electrons. The van der Waals surface area contributed by atoms with Gasteiger partial charge < -0.3 is 30.7 Å². The summed E-state index contributed by atoms with van der Waals surface area (Å²) in [5.41, 5.74) is 2.94. The molecule has 4 amide bonds. The monoisotopic (exact) mass is 696 g/mol. The Hall–Kier alpha value is -4.41. The first-order valence-corrected chi connectivity index (χ1v) is 18.2. The van der Waals surface area contributed by atoms with Crippen LogP contribution in [0.3, 0.4) is 0 Å². The Kier molecular flexibility index (Phi) is 10.1. The Balaban J connectivity index is 1.07. The van der Waals surface area contributed by atoms with Crippen LogP contribution < -0.4 is 20.9 Å². The quantitative estimate of drug-likeness (QED) is 0.323. The van der Waals surface area contributed by atoms with E-state index in [1.165, 1.54) is 12.0 Å². The van der Waals surface area contributed by atoms with Crippen molar-refractivity contribution in [3.63, 3.8) is 0 Å². The zero-order valence-corrected chi connectivity index (χ0v) is 29.0. The van der Waals surface area contributed by atoms with Gasteiger partial charge in [0.2, 0.25) is 17.7 Å². The lowest BCUT2D eigenvalue weighted by Crippen LogP contribution is -2.59. The fourth-order valence-corrected chi connectivity index (χ4v) is 8.25. The maximum atomic E-state index is 14.3. The SMILES string of the molecule is O=C(CN1CN(c2ccccc2)C2(CCN(C(=O)[C@H](NC(=O)[C@H]3Cc4ccccc4CN3)c3ccc(Cl)cc3)CC2)C1=O)NC1CCCCC1. The van der Waals surface area contributed by atoms with Gasteiger partial charge in [-0.05, 0) is 73.1 Å². The molecular weight excluding hydrogens is 652 g/mol. The van der Waals surface area contributed by atoms with E-state index in [9.17, 15) is 19.2 Å². The number of rotatable bonds is 8. The lowest BCUT2D eigenvalue weighted by Gasteiger charge is -2.44. The number of para-hydroxylation sites is 1. The van der Waals surface area contributed by atoms with E-state index in [1.54, 1.807) is 34.1 Å². The number of halogens is 1. The molecule has 3 N–H and O–H groups in total. The van der Waals surface area contributed by atoms with Crippen molar-refractivity contribution in [3.8, 4) is 0 Å². The molecule has 1 spiro atoms. The maximum Gasteiger partial charge on any atom is 0.250 e. The summed E-state index contributed by atoms with van der Waals surface area (Å²) in [5.74, 6) is -0.685. The van der Waals surface area contributed by atoms with Crippen LogP contribution in [0.4, 0.5) is 5.69 Å². The summed E-state index contributed by atoms with van der Waals surface area (Å²) in [5, 5.41) is 10.1. The number of fused-ring (bicyclic) bond motifs is 1. The van der Waals surface area contributed by atoms with Gasteiger partial charge in [0.15, 0.2) is 0 Å². The number of nitrogens with zero attached hydrogens (tertiary/aromatic N) is 3. The standard InChI is InChI=1S/C39H45ClN6O4/c40-30-17-15-27(16-18-30)35(43-36(48)33-23-28-9-7-8-10-29(28)24-41-33)37(49)44-21-19-39(20-22-44)38(50)45(26-46(39)32-13-5-2-6-14-32)25-34(47)42-31-11-3-1-4-12-31/h2,5-10,13-18,31,33,35,41H,1,3-4,11-12,19-26H2,(H,42,47)(H,43,48)/t33-,35-/m1/s1. The average Bonchev–Trinajstić information content (AvgIpc) is 3.40. The second kappa shape index (κ2) is 14.8. The van der Waals surface area contributed by atoms with E-state index in [1.807, 2.05) is 48.5 Å². The van der Waals surface area contributed by atoms with Crippen molar-refractivity contribution in [3.05, 3.63) is 101 Å². The summed E-state index contributed by atoms with van der Waals surface area (Å²) in [7, 11) is 0. The average molecular weight is 697 g/mol. The number of amides is 4. The van der Waals surface area contributed by atoms with Gasteiger partial charge in [-0.3, -0.25) is 19.2 Å². The molecule has 0 radical (unpaired) electrons. The molecule has 10 nitrogen and oxygen atoms in total. The third-order valence-corrected chi connectivity index (χ3v) is 11.2. The van der Waals surface area contributed by atoms with Crippen LogP contribution in [-0.2, 0) is 32.1 Å². The molecule has 0 bridgehead atoms. The van der Waals surface area contributed by atoms with E-state index in [2.05, 4.69) is 26.9 Å². The van der Waals surface area contributed by atoms with E-state index in [0.717, 1.165) is 36.9 Å². The fraction of sp³-hybridized carbons (Fsp3) is 0.436. The van der Waals surface area contributed by atoms with Crippen LogP contribution in [0, 0.1) is 0 Å². The van der Waals surface area contributed by atoms with Gasteiger partial charge in [-0.25, -0.2) is 0 Å². The molecule has 50 heavy (non-hydrogen) atoms. The number of hydrogen-bond acceptors (Lipinski definition) is 6. The minimum Gasteiger partial charge on any atom is -0.352 e. The van der Waals surface area contributed by atoms with E-state index in [4.69, 9.17) is 11.6 Å². The van der Waals surface area contributed by atoms with E-state index >= 15 is 0 Å². The molecule has 0 unspecified atom stereocenters. The van der Waals surface area contributed by atoms with Crippen LogP contribution in [0.1, 0.15) is 67.7 Å². The van der Waals surface area contributed by atoms with Crippen LogP contribution in [0.2, 0.25) is 5.02 Å². The number of hydrogen-bond donors (Lipinski definition) is 3. The number of anilines is 1. The predicted molar refractivity (Wildman–Crippen MR) is 192 cm³/mol. The predicted octanol–water partition coefficient (Wildman–Crippen LogP) is 4.33. The number of carbonyl (C=O) groups is 4. The first kappa shape index (κ1) is 34.1. The van der Waals surface area contributed by atoms with E-state index in [0.29, 0.717) is 56.2 Å². The number of piperidine rings is 1. The number of benzene rings is 3. The normalized spacial score (nSPS) is 21.1. The number of likely N-dealkylation sites (tertiary alicyclic amines) is 1. The van der Waals surface area contributed by atoms with Gasteiger partial charge in [-0.2, -0.15) is 0 Å². The van der Waals surface area contributed by atoms with Crippen molar-refractivity contribution in [2.75, 3.05) is 31.2 Å². The van der Waals surface area contributed by atoms with Gasteiger partial charge in [0.05, 0.1) is 12.7 Å². The van der Waals surface area contributed by atoms with E-state index in [-0.39, 0.29) is 36.2 Å². The summed E-state index contributed by atoms with van der Waals surface area (Å²) in [6, 6.07) is 23.6. The highest BCUT2D eigenvalue weighted by Crippen LogP contribution is 2.40. The van der Waals surface area contributed by atoms with Gasteiger partial charge in [0.1, 0.15) is 18.1 Å². The third-order valence-electron chi connectivity index (χ3n) is 10.9. The fourth-order valence-electron chi connectivity index (χ4n) is 8.12. The van der Waals surface area contributed by atoms with Crippen molar-refractivity contribution in [2.24, 2.45) is 0 Å². The number of carbonyl (C=O) groups excluding carboxylic acids is 4. The van der Waals surface area contributed by atoms with Crippen LogP contribution in [0.25, 0.3) is 0 Å².